The van der Waals surface area contributed by atoms with Crippen LogP contribution in [0.4, 0.5) is 0 Å². The van der Waals surface area contributed by atoms with Crippen LogP contribution in [0.25, 0.3) is 0 Å². The highest BCUT2D eigenvalue weighted by molar-refractivity contribution is 6.31. The van der Waals surface area contributed by atoms with Crippen LogP contribution >= 0.6 is 11.6 Å². The molecule has 0 spiro atoms. The predicted octanol–water partition coefficient (Wildman–Crippen LogP) is 3.80. The summed E-state index contributed by atoms with van der Waals surface area (Å²) in [5.74, 6) is 0. The summed E-state index contributed by atoms with van der Waals surface area (Å²) < 4.78 is 0. The fraction of sp³-hybridized carbons (Fsp3) is 0.417. The molecule has 0 aliphatic heterocycles. The van der Waals surface area contributed by atoms with Crippen molar-refractivity contribution >= 4 is 17.3 Å². The summed E-state index contributed by atoms with van der Waals surface area (Å²) in [6.45, 7) is 6.56. The van der Waals surface area contributed by atoms with Crippen molar-refractivity contribution in [3.8, 4) is 0 Å². The van der Waals surface area contributed by atoms with Gasteiger partial charge in [0, 0.05) is 5.02 Å². The van der Waals surface area contributed by atoms with Crippen molar-refractivity contribution in [2.45, 2.75) is 27.2 Å². The van der Waals surface area contributed by atoms with E-state index in [9.17, 15) is 0 Å². The highest BCUT2D eigenvalue weighted by atomic mass is 35.5. The van der Waals surface area contributed by atoms with Gasteiger partial charge in [-0.05, 0) is 43.5 Å². The summed E-state index contributed by atoms with van der Waals surface area (Å²) in [6, 6.07) is 5.89. The Hall–Kier alpha value is -1.02. The quantitative estimate of drug-likeness (QED) is 0.564. The van der Waals surface area contributed by atoms with Gasteiger partial charge in [0.1, 0.15) is 6.61 Å². The molecule has 0 unspecified atom stereocenters. The summed E-state index contributed by atoms with van der Waals surface area (Å²) >= 11 is 5.96. The first-order chi connectivity index (χ1) is 7.19. The summed E-state index contributed by atoms with van der Waals surface area (Å²) in [4.78, 5) is 5.07. The van der Waals surface area contributed by atoms with Crippen molar-refractivity contribution in [1.82, 2.24) is 0 Å². The Bertz CT molecular complexity index is 361. The lowest BCUT2D eigenvalue weighted by atomic mass is 10.1. The van der Waals surface area contributed by atoms with Crippen LogP contribution in [0, 0.1) is 6.92 Å². The Labute approximate surface area is 95.9 Å². The Morgan fingerprint density at radius 3 is 2.67 bits per heavy atom. The molecule has 2 nitrogen and oxygen atoms in total. The topological polar surface area (TPSA) is 21.6 Å². The second-order valence-electron chi connectivity index (χ2n) is 3.27. The molecule has 82 valence electrons. The van der Waals surface area contributed by atoms with Crippen LogP contribution in [-0.2, 0) is 4.84 Å². The minimum atomic E-state index is 0.593. The third kappa shape index (κ3) is 3.24. The number of hydrogen-bond donors (Lipinski definition) is 0. The summed E-state index contributed by atoms with van der Waals surface area (Å²) in [6.07, 6.45) is 0.848. The van der Waals surface area contributed by atoms with Gasteiger partial charge in [0.2, 0.25) is 0 Å². The fourth-order valence-corrected chi connectivity index (χ4v) is 1.41. The standard InChI is InChI=1S/C12H16ClNO/c1-4-12(14-15-5-2)10-6-7-11(13)9(3)8-10/h6-8H,4-5H2,1-3H3/b14-12+. The third-order valence-corrected chi connectivity index (χ3v) is 2.55. The molecule has 0 saturated carbocycles. The van der Waals surface area contributed by atoms with E-state index in [1.807, 2.05) is 32.0 Å². The molecule has 15 heavy (non-hydrogen) atoms. The number of nitrogens with zero attached hydrogens (tertiary/aromatic N) is 1. The van der Waals surface area contributed by atoms with Gasteiger partial charge in [-0.1, -0.05) is 29.7 Å². The summed E-state index contributed by atoms with van der Waals surface area (Å²) in [5.41, 5.74) is 3.09. The average Bonchev–Trinajstić information content (AvgIpc) is 2.24. The fourth-order valence-electron chi connectivity index (χ4n) is 1.29. The summed E-state index contributed by atoms with van der Waals surface area (Å²) in [7, 11) is 0. The molecule has 0 amide bonds. The molecular formula is C12H16ClNO. The van der Waals surface area contributed by atoms with Crippen molar-refractivity contribution < 1.29 is 4.84 Å². The van der Waals surface area contributed by atoms with Gasteiger partial charge in [-0.2, -0.15) is 0 Å². The van der Waals surface area contributed by atoms with Crippen LogP contribution in [-0.4, -0.2) is 12.3 Å². The first kappa shape index (κ1) is 12.1. The Kier molecular flexibility index (Phi) is 4.63. The highest BCUT2D eigenvalue weighted by Crippen LogP contribution is 2.17. The molecule has 1 rings (SSSR count). The normalized spacial score (nSPS) is 11.6. The molecule has 0 aliphatic carbocycles. The largest absolute Gasteiger partial charge is 0.396 e. The minimum Gasteiger partial charge on any atom is -0.396 e. The molecule has 3 heteroatoms. The van der Waals surface area contributed by atoms with Crippen molar-refractivity contribution in [3.05, 3.63) is 34.3 Å². The second-order valence-corrected chi connectivity index (χ2v) is 3.68. The molecule has 0 saturated heterocycles. The van der Waals surface area contributed by atoms with Crippen molar-refractivity contribution in [1.29, 1.82) is 0 Å². The van der Waals surface area contributed by atoms with Gasteiger partial charge < -0.3 is 4.84 Å². The smallest absolute Gasteiger partial charge is 0.114 e. The van der Waals surface area contributed by atoms with Crippen LogP contribution < -0.4 is 0 Å². The maximum Gasteiger partial charge on any atom is 0.114 e. The maximum atomic E-state index is 5.96. The zero-order chi connectivity index (χ0) is 11.3. The third-order valence-electron chi connectivity index (χ3n) is 2.13. The van der Waals surface area contributed by atoms with Gasteiger partial charge >= 0.3 is 0 Å². The van der Waals surface area contributed by atoms with Crippen LogP contribution in [0.3, 0.4) is 0 Å². The number of benzene rings is 1. The van der Waals surface area contributed by atoms with E-state index in [0.717, 1.165) is 28.3 Å². The molecule has 0 bridgehead atoms. The minimum absolute atomic E-state index is 0.593. The zero-order valence-corrected chi connectivity index (χ0v) is 10.1. The van der Waals surface area contributed by atoms with E-state index in [2.05, 4.69) is 12.1 Å². The molecule has 1 aromatic carbocycles. The number of oxime groups is 1. The lowest BCUT2D eigenvalue weighted by Crippen LogP contribution is -2.01. The van der Waals surface area contributed by atoms with Gasteiger partial charge in [0.25, 0.3) is 0 Å². The predicted molar refractivity (Wildman–Crippen MR) is 64.6 cm³/mol. The molecule has 0 radical (unpaired) electrons. The lowest BCUT2D eigenvalue weighted by molar-refractivity contribution is 0.158. The van der Waals surface area contributed by atoms with E-state index in [-0.39, 0.29) is 0 Å². The first-order valence-corrected chi connectivity index (χ1v) is 5.52. The van der Waals surface area contributed by atoms with Gasteiger partial charge in [-0.15, -0.1) is 0 Å². The van der Waals surface area contributed by atoms with Gasteiger partial charge in [-0.25, -0.2) is 0 Å². The average molecular weight is 226 g/mol. The van der Waals surface area contributed by atoms with Crippen LogP contribution in [0.1, 0.15) is 31.4 Å². The monoisotopic (exact) mass is 225 g/mol. The van der Waals surface area contributed by atoms with E-state index in [1.54, 1.807) is 0 Å². The van der Waals surface area contributed by atoms with E-state index < -0.39 is 0 Å². The van der Waals surface area contributed by atoms with Crippen molar-refractivity contribution in [2.24, 2.45) is 5.16 Å². The van der Waals surface area contributed by atoms with E-state index in [0.29, 0.717) is 6.61 Å². The Morgan fingerprint density at radius 2 is 2.13 bits per heavy atom. The number of aryl methyl sites for hydroxylation is 1. The highest BCUT2D eigenvalue weighted by Gasteiger charge is 2.04. The van der Waals surface area contributed by atoms with Crippen LogP contribution in [0.5, 0.6) is 0 Å². The summed E-state index contributed by atoms with van der Waals surface area (Å²) in [5, 5.41) is 4.86. The number of rotatable bonds is 4. The maximum absolute atomic E-state index is 5.96. The van der Waals surface area contributed by atoms with Gasteiger partial charge in [-0.3, -0.25) is 0 Å². The Balaban J connectivity index is 2.97. The Morgan fingerprint density at radius 1 is 1.40 bits per heavy atom. The molecule has 0 heterocycles. The van der Waals surface area contributed by atoms with Crippen LogP contribution in [0.15, 0.2) is 23.4 Å². The molecule has 0 N–H and O–H groups in total. The van der Waals surface area contributed by atoms with E-state index >= 15 is 0 Å². The number of halogens is 1. The zero-order valence-electron chi connectivity index (χ0n) is 9.38. The van der Waals surface area contributed by atoms with E-state index in [1.165, 1.54) is 0 Å². The molecule has 0 aromatic heterocycles. The first-order valence-electron chi connectivity index (χ1n) is 5.14. The van der Waals surface area contributed by atoms with Crippen LogP contribution in [0.2, 0.25) is 5.02 Å². The molecule has 0 aliphatic rings. The lowest BCUT2D eigenvalue weighted by Gasteiger charge is -2.05. The molecule has 1 aromatic rings. The van der Waals surface area contributed by atoms with Gasteiger partial charge in [0.15, 0.2) is 0 Å². The molecule has 0 atom stereocenters. The SMILES string of the molecule is CCO/N=C(\CC)c1ccc(Cl)c(C)c1. The molecule has 0 fully saturated rings. The molecular weight excluding hydrogens is 210 g/mol. The van der Waals surface area contributed by atoms with E-state index in [4.69, 9.17) is 16.4 Å². The van der Waals surface area contributed by atoms with Gasteiger partial charge in [0.05, 0.1) is 5.71 Å². The number of hydrogen-bond acceptors (Lipinski definition) is 2. The van der Waals surface area contributed by atoms with Crippen molar-refractivity contribution in [2.75, 3.05) is 6.61 Å². The second kappa shape index (κ2) is 5.76. The van der Waals surface area contributed by atoms with Crippen molar-refractivity contribution in [3.63, 3.8) is 0 Å².